The van der Waals surface area contributed by atoms with Crippen molar-refractivity contribution >= 4 is 11.6 Å². The minimum atomic E-state index is -0.383. The van der Waals surface area contributed by atoms with Crippen molar-refractivity contribution in [3.8, 4) is 11.5 Å². The summed E-state index contributed by atoms with van der Waals surface area (Å²) in [6.07, 6.45) is 5.23. The normalized spacial score (nSPS) is 14.4. The van der Waals surface area contributed by atoms with E-state index in [0.717, 1.165) is 35.4 Å². The summed E-state index contributed by atoms with van der Waals surface area (Å²) in [6, 6.07) is 6.47. The third-order valence-corrected chi connectivity index (χ3v) is 5.73. The minimum Gasteiger partial charge on any atom is -0.352 e. The lowest BCUT2D eigenvalue weighted by atomic mass is 9.87. The molecule has 0 N–H and O–H groups in total. The Labute approximate surface area is 181 Å². The molecule has 7 heteroatoms. The van der Waals surface area contributed by atoms with Crippen LogP contribution in [0.15, 0.2) is 36.7 Å². The first-order valence-electron chi connectivity index (χ1n) is 10.4. The van der Waals surface area contributed by atoms with Crippen LogP contribution in [0.4, 0.5) is 10.2 Å². The fourth-order valence-corrected chi connectivity index (χ4v) is 4.07. The number of hydrogen-bond acceptors (Lipinski definition) is 6. The van der Waals surface area contributed by atoms with E-state index in [1.807, 2.05) is 31.0 Å². The van der Waals surface area contributed by atoms with Crippen LogP contribution in [-0.4, -0.2) is 39.3 Å². The topological polar surface area (TPSA) is 71.9 Å². The third-order valence-electron chi connectivity index (χ3n) is 5.73. The highest BCUT2D eigenvalue weighted by atomic mass is 19.1. The van der Waals surface area contributed by atoms with Crippen molar-refractivity contribution in [3.63, 3.8) is 0 Å². The molecule has 0 atom stereocenters. The molecule has 0 spiro atoms. The molecular formula is C24H26FN5O. The largest absolute Gasteiger partial charge is 0.352 e. The van der Waals surface area contributed by atoms with Crippen LogP contribution in [0.5, 0.6) is 0 Å². The first kappa shape index (κ1) is 21.0. The molecule has 0 saturated carbocycles. The van der Waals surface area contributed by atoms with Gasteiger partial charge >= 0.3 is 0 Å². The summed E-state index contributed by atoms with van der Waals surface area (Å²) >= 11 is 0. The van der Waals surface area contributed by atoms with Gasteiger partial charge < -0.3 is 4.90 Å². The maximum Gasteiger partial charge on any atom is 0.180 e. The number of fused-ring (bicyclic) bond motifs is 1. The molecule has 1 aliphatic carbocycles. The highest BCUT2D eigenvalue weighted by molar-refractivity contribution is 5.85. The lowest BCUT2D eigenvalue weighted by Gasteiger charge is -2.27. The summed E-state index contributed by atoms with van der Waals surface area (Å²) in [5.41, 5.74) is 4.10. The molecule has 0 aliphatic heterocycles. The summed E-state index contributed by atoms with van der Waals surface area (Å²) in [5.74, 6) is 0.782. The average molecular weight is 420 g/mol. The minimum absolute atomic E-state index is 0.0711. The number of halogens is 1. The fraction of sp³-hybridized carbons (Fsp3) is 0.375. The summed E-state index contributed by atoms with van der Waals surface area (Å²) in [4.78, 5) is 32.6. The van der Waals surface area contributed by atoms with Crippen LogP contribution in [0, 0.1) is 12.7 Å². The first-order valence-corrected chi connectivity index (χ1v) is 10.4. The van der Waals surface area contributed by atoms with Crippen molar-refractivity contribution < 1.29 is 9.18 Å². The van der Waals surface area contributed by atoms with Crippen LogP contribution in [0.3, 0.4) is 0 Å². The number of aromatic nitrogens is 4. The van der Waals surface area contributed by atoms with E-state index in [1.165, 1.54) is 18.3 Å². The number of aryl methyl sites for hydroxylation is 2. The summed E-state index contributed by atoms with van der Waals surface area (Å²) < 4.78 is 13.8. The van der Waals surface area contributed by atoms with E-state index >= 15 is 0 Å². The van der Waals surface area contributed by atoms with Gasteiger partial charge in [0.25, 0.3) is 0 Å². The second kappa shape index (κ2) is 8.13. The lowest BCUT2D eigenvalue weighted by molar-refractivity contribution is -0.117. The number of anilines is 1. The molecule has 3 aromatic rings. The van der Waals surface area contributed by atoms with Crippen molar-refractivity contribution in [1.82, 2.24) is 19.9 Å². The zero-order valence-electron chi connectivity index (χ0n) is 18.3. The van der Waals surface area contributed by atoms with Crippen molar-refractivity contribution in [2.75, 3.05) is 18.5 Å². The molecule has 3 aromatic heterocycles. The number of rotatable bonds is 6. The third kappa shape index (κ3) is 4.45. The summed E-state index contributed by atoms with van der Waals surface area (Å²) in [5, 5.41) is 0. The molecule has 0 unspecified atom stereocenters. The summed E-state index contributed by atoms with van der Waals surface area (Å²) in [6.45, 7) is 6.46. The van der Waals surface area contributed by atoms with E-state index in [-0.39, 0.29) is 23.6 Å². The van der Waals surface area contributed by atoms with Crippen LogP contribution < -0.4 is 4.90 Å². The highest BCUT2D eigenvalue weighted by Gasteiger charge is 2.36. The molecule has 31 heavy (non-hydrogen) atoms. The van der Waals surface area contributed by atoms with Crippen LogP contribution in [0.25, 0.3) is 11.5 Å². The summed E-state index contributed by atoms with van der Waals surface area (Å²) in [7, 11) is 1.87. The second-order valence-electron chi connectivity index (χ2n) is 8.82. The Hall–Kier alpha value is -3.22. The van der Waals surface area contributed by atoms with Crippen molar-refractivity contribution in [3.05, 3.63) is 65.0 Å². The molecule has 1 aliphatic rings. The van der Waals surface area contributed by atoms with Gasteiger partial charge in [-0.05, 0) is 42.9 Å². The first-order chi connectivity index (χ1) is 14.7. The molecular weight excluding hydrogens is 393 g/mol. The molecule has 0 aromatic carbocycles. The number of carbonyl (C=O) groups is 1. The Morgan fingerprint density at radius 3 is 2.71 bits per heavy atom. The van der Waals surface area contributed by atoms with E-state index in [0.29, 0.717) is 23.8 Å². The number of Topliss-reactive ketones (excluding diaryl/α,β-unsaturated/α-hetero) is 1. The molecule has 6 nitrogen and oxygen atoms in total. The van der Waals surface area contributed by atoms with Crippen LogP contribution in [-0.2, 0) is 23.1 Å². The van der Waals surface area contributed by atoms with Gasteiger partial charge in [0.05, 0.1) is 12.2 Å². The smallest absolute Gasteiger partial charge is 0.180 e. The van der Waals surface area contributed by atoms with E-state index in [2.05, 4.69) is 23.8 Å². The van der Waals surface area contributed by atoms with Crippen molar-refractivity contribution in [2.24, 2.45) is 0 Å². The van der Waals surface area contributed by atoms with Gasteiger partial charge in [0.1, 0.15) is 17.3 Å². The molecule has 0 bridgehead atoms. The zero-order chi connectivity index (χ0) is 22.2. The Kier molecular flexibility index (Phi) is 5.52. The van der Waals surface area contributed by atoms with Crippen LogP contribution in [0.1, 0.15) is 42.8 Å². The average Bonchev–Trinajstić information content (AvgIpc) is 3.04. The molecule has 0 radical (unpaired) electrons. The Morgan fingerprint density at radius 1 is 1.19 bits per heavy atom. The van der Waals surface area contributed by atoms with Gasteiger partial charge in [-0.1, -0.05) is 19.9 Å². The lowest BCUT2D eigenvalue weighted by Crippen LogP contribution is -2.30. The Bertz CT molecular complexity index is 1130. The Balaban J connectivity index is 1.65. The van der Waals surface area contributed by atoms with Gasteiger partial charge in [-0.15, -0.1) is 0 Å². The standard InChI is InChI=1S/C24H26FN5O/c1-15-5-6-16(13-27-15)11-18(31)14-30(4)23-21-19(7-9-24(21,2)3)28-22(29-23)20-12-17(25)8-10-26-20/h5-6,8,10,12-13H,7,9,11,14H2,1-4H3. The van der Waals surface area contributed by atoms with E-state index in [1.54, 1.807) is 6.20 Å². The van der Waals surface area contributed by atoms with Gasteiger partial charge in [0, 0.05) is 43.2 Å². The maximum absolute atomic E-state index is 13.8. The zero-order valence-corrected chi connectivity index (χ0v) is 18.3. The van der Waals surface area contributed by atoms with Crippen molar-refractivity contribution in [2.45, 2.75) is 45.4 Å². The number of ketones is 1. The number of carbonyl (C=O) groups excluding carboxylic acids is 1. The molecule has 0 amide bonds. The Morgan fingerprint density at radius 2 is 2.00 bits per heavy atom. The van der Waals surface area contributed by atoms with Gasteiger partial charge in [0.15, 0.2) is 11.6 Å². The van der Waals surface area contributed by atoms with Crippen LogP contribution >= 0.6 is 0 Å². The predicted octanol–water partition coefficient (Wildman–Crippen LogP) is 3.85. The molecule has 0 saturated heterocycles. The van der Waals surface area contributed by atoms with Gasteiger partial charge in [-0.2, -0.15) is 0 Å². The number of likely N-dealkylation sites (N-methyl/N-ethyl adjacent to an activating group) is 1. The second-order valence-corrected chi connectivity index (χ2v) is 8.82. The number of nitrogens with zero attached hydrogens (tertiary/aromatic N) is 5. The highest BCUT2D eigenvalue weighted by Crippen LogP contribution is 2.42. The van der Waals surface area contributed by atoms with E-state index in [4.69, 9.17) is 9.97 Å². The quantitative estimate of drug-likeness (QED) is 0.604. The van der Waals surface area contributed by atoms with Crippen LogP contribution in [0.2, 0.25) is 0 Å². The van der Waals surface area contributed by atoms with Crippen molar-refractivity contribution in [1.29, 1.82) is 0 Å². The fourth-order valence-electron chi connectivity index (χ4n) is 4.07. The van der Waals surface area contributed by atoms with Gasteiger partial charge in [-0.3, -0.25) is 14.8 Å². The monoisotopic (exact) mass is 419 g/mol. The molecule has 4 rings (SSSR count). The number of hydrogen-bond donors (Lipinski definition) is 0. The van der Waals surface area contributed by atoms with Gasteiger partial charge in [0.2, 0.25) is 0 Å². The number of pyridine rings is 2. The predicted molar refractivity (Wildman–Crippen MR) is 118 cm³/mol. The molecule has 0 fully saturated rings. The SMILES string of the molecule is Cc1ccc(CC(=O)CN(C)c2nc(-c3cc(F)ccn3)nc3c2C(C)(C)CC3)cn1. The molecule has 3 heterocycles. The van der Waals surface area contributed by atoms with Gasteiger partial charge in [-0.25, -0.2) is 14.4 Å². The van der Waals surface area contributed by atoms with E-state index in [9.17, 15) is 9.18 Å². The molecule has 160 valence electrons. The van der Waals surface area contributed by atoms with E-state index < -0.39 is 0 Å². The maximum atomic E-state index is 13.8.